The van der Waals surface area contributed by atoms with Crippen LogP contribution in [0.5, 0.6) is 0 Å². The molecule has 2 nitrogen and oxygen atoms in total. The summed E-state index contributed by atoms with van der Waals surface area (Å²) in [5.74, 6) is 0. The van der Waals surface area contributed by atoms with Crippen LogP contribution in [0.2, 0.25) is 47.7 Å². The van der Waals surface area contributed by atoms with Crippen LogP contribution < -0.4 is 0 Å². The normalized spacial score (nSPS) is 107. The van der Waals surface area contributed by atoms with Crippen molar-refractivity contribution < 1.29 is 11.2 Å². The average Bonchev–Trinajstić information content (AvgIpc) is 3.33. The van der Waals surface area contributed by atoms with Gasteiger partial charge in [-0.05, 0) is 0 Å². The van der Waals surface area contributed by atoms with Gasteiger partial charge in [-0.25, -0.2) is 0 Å². The van der Waals surface area contributed by atoms with Crippen LogP contribution in [0.3, 0.4) is 0 Å². The van der Waals surface area contributed by atoms with E-state index in [1.807, 2.05) is 0 Å². The minimum absolute atomic E-state index is 1.18. The first-order chi connectivity index (χ1) is 9.54. The molecule has 0 N–H and O–H groups in total. The van der Waals surface area contributed by atoms with Crippen LogP contribution in [-0.4, -0.2) is 38.8 Å². The van der Waals surface area contributed by atoms with Crippen LogP contribution >= 0.6 is 0 Å². The summed E-state index contributed by atoms with van der Waals surface area (Å²) in [6.07, 6.45) is 3.04. The molecule has 11 heterocycles. The van der Waals surface area contributed by atoms with Crippen molar-refractivity contribution >= 4 is 0 Å². The molecular formula is C17H25FeNO. The molecule has 3 heteroatoms. The Balaban J connectivity index is 0.000000240. The van der Waals surface area contributed by atoms with E-state index in [2.05, 4.69) is 9.64 Å². The van der Waals surface area contributed by atoms with Crippen molar-refractivity contribution in [2.45, 2.75) is 60.5 Å². The summed E-state index contributed by atoms with van der Waals surface area (Å²) in [6.45, 7) is 1.98. The van der Waals surface area contributed by atoms with Crippen LogP contribution in [0.4, 0.5) is 0 Å². The third kappa shape index (κ3) is 0.110. The van der Waals surface area contributed by atoms with E-state index >= 15 is 0 Å². The van der Waals surface area contributed by atoms with Crippen LogP contribution in [0.25, 0.3) is 0 Å². The first-order valence-corrected chi connectivity index (χ1v) is 15.2. The molecule has 0 bridgehead atoms. The van der Waals surface area contributed by atoms with Gasteiger partial charge < -0.3 is 4.74 Å². The molecule has 0 amide bonds. The van der Waals surface area contributed by atoms with Gasteiger partial charge in [0.15, 0.2) is 0 Å². The van der Waals surface area contributed by atoms with Crippen molar-refractivity contribution in [2.24, 2.45) is 0 Å². The van der Waals surface area contributed by atoms with E-state index in [4.69, 9.17) is 0 Å². The predicted octanol–water partition coefficient (Wildman–Crippen LogP) is 4.10. The van der Waals surface area contributed by atoms with Gasteiger partial charge in [-0.15, -0.1) is 0 Å². The summed E-state index contributed by atoms with van der Waals surface area (Å²) in [6, 6.07) is 0. The van der Waals surface area contributed by atoms with Gasteiger partial charge in [0.05, 0.1) is 0 Å². The van der Waals surface area contributed by atoms with Crippen molar-refractivity contribution in [3.05, 3.63) is 0 Å². The monoisotopic (exact) mass is 315 g/mol. The number of hydrogen-bond donors (Lipinski definition) is 0. The number of likely N-dealkylation sites (tertiary alicyclic amines) is 1. The molecule has 11 aliphatic rings. The summed E-state index contributed by atoms with van der Waals surface area (Å²) >= 11 is 0. The molecule has 0 saturated carbocycles. The molecule has 112 valence electrons. The zero-order valence-electron chi connectivity index (χ0n) is 12.4. The smallest absolute Gasteiger partial charge is 0.0351 e. The Kier molecular flexibility index (Phi) is 0.385. The molecule has 20 heavy (non-hydrogen) atoms. The molecule has 11 saturated heterocycles. The summed E-state index contributed by atoms with van der Waals surface area (Å²) in [4.78, 5) is 16.8. The maximum Gasteiger partial charge on any atom is 0.0351 e. The molecule has 0 aliphatic carbocycles. The van der Waals surface area contributed by atoms with Gasteiger partial charge >= 0.3 is 91.5 Å². The third-order valence-corrected chi connectivity index (χ3v) is 59.6. The summed E-state index contributed by atoms with van der Waals surface area (Å²) in [5, 5.41) is 0. The van der Waals surface area contributed by atoms with Crippen LogP contribution in [0.15, 0.2) is 0 Å². The molecule has 11 rings (SSSR count). The Morgan fingerprint density at radius 2 is 1.35 bits per heavy atom. The first kappa shape index (κ1) is 8.91. The number of rotatable bonds is 2. The molecule has 1 spiro atoms. The summed E-state index contributed by atoms with van der Waals surface area (Å²) in [7, 11) is 3.25. The van der Waals surface area contributed by atoms with Gasteiger partial charge in [0.2, 0.25) is 0 Å². The van der Waals surface area contributed by atoms with Crippen molar-refractivity contribution in [1.29, 1.82) is 0 Å². The van der Waals surface area contributed by atoms with Crippen LogP contribution in [0, 0.1) is 0 Å². The van der Waals surface area contributed by atoms with Crippen molar-refractivity contribution in [3.63, 3.8) is 0 Å². The van der Waals surface area contributed by atoms with Gasteiger partial charge in [-0.3, -0.25) is 0 Å². The van der Waals surface area contributed by atoms with Crippen molar-refractivity contribution in [1.82, 2.24) is 4.90 Å². The molecule has 0 aromatic heterocycles. The Bertz CT molecular complexity index is 896. The summed E-state index contributed by atoms with van der Waals surface area (Å²) in [5.41, 5.74) is 0. The second-order valence-electron chi connectivity index (χ2n) is 12.2. The van der Waals surface area contributed by atoms with E-state index in [1.165, 1.54) is 39.9 Å². The maximum absolute atomic E-state index is 4.25. The van der Waals surface area contributed by atoms with Gasteiger partial charge in [0.25, 0.3) is 0 Å². The molecule has 4 unspecified atom stereocenters. The largest absolute Gasteiger partial charge is 0.388 e. The first-order valence-electron chi connectivity index (χ1n) is 8.88. The molecule has 0 aromatic carbocycles. The number of nitrogens with zero attached hydrogens (tertiary/aromatic N) is 1. The Morgan fingerprint density at radius 1 is 0.900 bits per heavy atom. The van der Waals surface area contributed by atoms with Gasteiger partial charge in [0, 0.05) is 14.2 Å². The predicted molar refractivity (Wildman–Crippen MR) is 75.1 cm³/mol. The van der Waals surface area contributed by atoms with E-state index in [1.54, 1.807) is 54.5 Å². The molecule has 0 aromatic rings. The second kappa shape index (κ2) is 0.865. The minimum atomic E-state index is -2.66. The van der Waals surface area contributed by atoms with Crippen LogP contribution in [-0.2, 0) is 11.2 Å². The summed E-state index contributed by atoms with van der Waals surface area (Å²) < 4.78 is 5.43. The van der Waals surface area contributed by atoms with Gasteiger partial charge in [-0.2, -0.15) is 0 Å². The van der Waals surface area contributed by atoms with E-state index in [-0.39, 0.29) is 0 Å². The van der Waals surface area contributed by atoms with Gasteiger partial charge in [-0.1, -0.05) is 0 Å². The topological polar surface area (TPSA) is 12.5 Å². The number of fused-ring (bicyclic) bond motifs is 10. The zero-order chi connectivity index (χ0) is 12.8. The van der Waals surface area contributed by atoms with E-state index in [0.29, 0.717) is 0 Å². The maximum atomic E-state index is 4.25. The molecular weight excluding hydrogens is 290 g/mol. The van der Waals surface area contributed by atoms with Crippen LogP contribution in [0.1, 0.15) is 12.8 Å². The van der Waals surface area contributed by atoms with Gasteiger partial charge in [0.1, 0.15) is 0 Å². The van der Waals surface area contributed by atoms with E-state index < -0.39 is 6.51 Å². The fourth-order valence-electron chi connectivity index (χ4n) is 18.4. The fourth-order valence-corrected chi connectivity index (χ4v) is 93.1. The van der Waals surface area contributed by atoms with Crippen molar-refractivity contribution in [3.8, 4) is 0 Å². The number of ether oxygens (including phenoxy) is 1. The molecule has 11 aliphatic heterocycles. The Morgan fingerprint density at radius 3 is 1.65 bits per heavy atom. The van der Waals surface area contributed by atoms with E-state index in [9.17, 15) is 0 Å². The number of methoxy groups -OCH3 is 1. The molecule has 11 fully saturated rings. The van der Waals surface area contributed by atoms with E-state index in [0.717, 1.165) is 0 Å². The quantitative estimate of drug-likeness (QED) is 0.711. The average molecular weight is 315 g/mol. The number of hydrogen-bond acceptors (Lipinski definition) is 2. The fraction of sp³-hybridized carbons (Fsp3) is 1.00. The molecule has 4 atom stereocenters. The van der Waals surface area contributed by atoms with Crippen molar-refractivity contribution in [2.75, 3.05) is 33.9 Å². The Labute approximate surface area is 110 Å². The zero-order valence-corrected chi connectivity index (χ0v) is 13.5. The second-order valence-corrected chi connectivity index (χ2v) is 35.9. The Hall–Kier alpha value is 0.439. The SMILES string of the molecule is C1CCN(C[C]23[CH]4[CH]5[CH]6[CH]2[Fe]56432789[CH]3[CH]2[CH]7[CH]8[CH]39)C1.COC. The third-order valence-electron chi connectivity index (χ3n) is 16.6. The molecule has 0 radical (unpaired) electrons. The standard InChI is InChI=1S/C10H14N.C5H5.C2H6O.Fe/c1-2-6-10(5-1)9-11-7-3-4-8-11;1-2-4-5-3-1;1-3-2;/h1-2,5-6H,3-4,7-9H2;1-5H;1-2H3;. The minimum Gasteiger partial charge on any atom is -0.388 e.